The fraction of sp³-hybridized carbons (Fsp3) is 0.857. The summed E-state index contributed by atoms with van der Waals surface area (Å²) in [4.78, 5) is 10.4. The van der Waals surface area contributed by atoms with Crippen LogP contribution in [-0.2, 0) is 4.79 Å². The molecule has 0 saturated heterocycles. The number of rotatable bonds is 3. The summed E-state index contributed by atoms with van der Waals surface area (Å²) in [5.41, 5.74) is -1.10. The summed E-state index contributed by atoms with van der Waals surface area (Å²) in [5, 5.41) is 8.53. The van der Waals surface area contributed by atoms with E-state index in [1.807, 2.05) is 0 Å². The van der Waals surface area contributed by atoms with Gasteiger partial charge in [0.05, 0.1) is 5.41 Å². The molecule has 1 saturated carbocycles. The Kier molecular flexibility index (Phi) is 1.65. The molecule has 0 aromatic rings. The van der Waals surface area contributed by atoms with Gasteiger partial charge in [-0.2, -0.15) is 0 Å². The van der Waals surface area contributed by atoms with E-state index < -0.39 is 23.7 Å². The van der Waals surface area contributed by atoms with Crippen molar-refractivity contribution in [1.29, 1.82) is 0 Å². The molecular formula is C7H10F2O2. The predicted octanol–water partition coefficient (Wildman–Crippen LogP) is 1.90. The Bertz CT molecular complexity index is 179. The molecule has 0 aliphatic heterocycles. The zero-order valence-corrected chi connectivity index (χ0v) is 6.23. The Morgan fingerprint density at radius 3 is 2.18 bits per heavy atom. The SMILES string of the molecule is CC(F)(F)CC1(C(=O)O)CC1. The fourth-order valence-corrected chi connectivity index (χ4v) is 1.21. The van der Waals surface area contributed by atoms with Gasteiger partial charge in [-0.1, -0.05) is 0 Å². The van der Waals surface area contributed by atoms with Crippen LogP contribution in [0.2, 0.25) is 0 Å². The second kappa shape index (κ2) is 2.16. The lowest BCUT2D eigenvalue weighted by Gasteiger charge is -2.14. The highest BCUT2D eigenvalue weighted by Gasteiger charge is 2.54. The van der Waals surface area contributed by atoms with Crippen LogP contribution in [-0.4, -0.2) is 17.0 Å². The minimum atomic E-state index is -2.85. The third-order valence-electron chi connectivity index (χ3n) is 1.96. The highest BCUT2D eigenvalue weighted by Crippen LogP contribution is 2.52. The maximum Gasteiger partial charge on any atom is 0.309 e. The highest BCUT2D eigenvalue weighted by atomic mass is 19.3. The van der Waals surface area contributed by atoms with Crippen LogP contribution in [0.1, 0.15) is 26.2 Å². The lowest BCUT2D eigenvalue weighted by molar-refractivity contribution is -0.147. The molecule has 0 radical (unpaired) electrons. The first-order valence-electron chi connectivity index (χ1n) is 3.47. The Hall–Kier alpha value is -0.670. The Morgan fingerprint density at radius 2 is 2.09 bits per heavy atom. The minimum Gasteiger partial charge on any atom is -0.481 e. The molecule has 0 spiro atoms. The number of aliphatic carboxylic acids is 1. The average Bonchev–Trinajstić information content (AvgIpc) is 2.43. The van der Waals surface area contributed by atoms with Gasteiger partial charge >= 0.3 is 5.97 Å². The normalized spacial score (nSPS) is 21.4. The van der Waals surface area contributed by atoms with Crippen molar-refractivity contribution in [2.24, 2.45) is 5.41 Å². The molecule has 64 valence electrons. The van der Waals surface area contributed by atoms with Crippen LogP contribution in [0.3, 0.4) is 0 Å². The van der Waals surface area contributed by atoms with E-state index in [1.165, 1.54) is 0 Å². The van der Waals surface area contributed by atoms with Crippen LogP contribution in [0.25, 0.3) is 0 Å². The lowest BCUT2D eigenvalue weighted by Crippen LogP contribution is -2.24. The molecule has 1 fully saturated rings. The summed E-state index contributed by atoms with van der Waals surface area (Å²) in [5.74, 6) is -3.94. The Balaban J connectivity index is 2.55. The first-order valence-corrected chi connectivity index (χ1v) is 3.47. The summed E-state index contributed by atoms with van der Waals surface area (Å²) in [6.45, 7) is 0.760. The summed E-state index contributed by atoms with van der Waals surface area (Å²) < 4.78 is 24.7. The van der Waals surface area contributed by atoms with Crippen molar-refractivity contribution in [1.82, 2.24) is 0 Å². The number of carboxylic acid groups (broad SMARTS) is 1. The van der Waals surface area contributed by atoms with Crippen LogP contribution in [0.5, 0.6) is 0 Å². The quantitative estimate of drug-likeness (QED) is 0.691. The summed E-state index contributed by atoms with van der Waals surface area (Å²) in [7, 11) is 0. The van der Waals surface area contributed by atoms with Gasteiger partial charge in [0.15, 0.2) is 0 Å². The number of alkyl halides is 2. The first-order chi connectivity index (χ1) is 4.86. The van der Waals surface area contributed by atoms with E-state index in [4.69, 9.17) is 5.11 Å². The molecule has 0 aromatic heterocycles. The van der Waals surface area contributed by atoms with E-state index in [0.29, 0.717) is 12.8 Å². The molecule has 0 unspecified atom stereocenters. The van der Waals surface area contributed by atoms with Gasteiger partial charge in [-0.25, -0.2) is 8.78 Å². The molecule has 0 heterocycles. The molecule has 1 rings (SSSR count). The summed E-state index contributed by atoms with van der Waals surface area (Å²) in [6, 6.07) is 0. The third-order valence-corrected chi connectivity index (χ3v) is 1.96. The van der Waals surface area contributed by atoms with Gasteiger partial charge in [0.2, 0.25) is 5.92 Å². The number of hydrogen-bond donors (Lipinski definition) is 1. The maximum atomic E-state index is 12.4. The van der Waals surface area contributed by atoms with Gasteiger partial charge in [0.25, 0.3) is 0 Å². The van der Waals surface area contributed by atoms with E-state index in [0.717, 1.165) is 6.92 Å². The Morgan fingerprint density at radius 1 is 1.64 bits per heavy atom. The number of hydrogen-bond acceptors (Lipinski definition) is 1. The van der Waals surface area contributed by atoms with Gasteiger partial charge in [0, 0.05) is 6.42 Å². The number of carboxylic acids is 1. The molecule has 0 atom stereocenters. The van der Waals surface area contributed by atoms with E-state index in [2.05, 4.69) is 0 Å². The second-order valence-corrected chi connectivity index (χ2v) is 3.33. The van der Waals surface area contributed by atoms with E-state index in [9.17, 15) is 13.6 Å². The standard InChI is InChI=1S/C7H10F2O2/c1-6(8,9)4-7(2-3-7)5(10)11/h2-4H2,1H3,(H,10,11). The molecule has 2 nitrogen and oxygen atoms in total. The van der Waals surface area contributed by atoms with E-state index in [1.54, 1.807) is 0 Å². The van der Waals surface area contributed by atoms with E-state index >= 15 is 0 Å². The smallest absolute Gasteiger partial charge is 0.309 e. The van der Waals surface area contributed by atoms with Crippen molar-refractivity contribution in [3.05, 3.63) is 0 Å². The predicted molar refractivity (Wildman–Crippen MR) is 34.5 cm³/mol. The van der Waals surface area contributed by atoms with Crippen molar-refractivity contribution in [2.45, 2.75) is 32.1 Å². The molecule has 1 aliphatic rings. The topological polar surface area (TPSA) is 37.3 Å². The lowest BCUT2D eigenvalue weighted by atomic mass is 9.99. The van der Waals surface area contributed by atoms with Gasteiger partial charge in [-0.3, -0.25) is 4.79 Å². The van der Waals surface area contributed by atoms with Gasteiger partial charge < -0.3 is 5.11 Å². The molecule has 11 heavy (non-hydrogen) atoms. The summed E-state index contributed by atoms with van der Waals surface area (Å²) in [6.07, 6.45) is 0.271. The number of carbonyl (C=O) groups is 1. The molecule has 4 heteroatoms. The van der Waals surface area contributed by atoms with Crippen molar-refractivity contribution in [2.75, 3.05) is 0 Å². The summed E-state index contributed by atoms with van der Waals surface area (Å²) >= 11 is 0. The van der Waals surface area contributed by atoms with Crippen LogP contribution in [0.15, 0.2) is 0 Å². The van der Waals surface area contributed by atoms with Crippen LogP contribution in [0, 0.1) is 5.41 Å². The molecule has 1 aliphatic carbocycles. The van der Waals surface area contributed by atoms with Crippen molar-refractivity contribution in [3.8, 4) is 0 Å². The van der Waals surface area contributed by atoms with Crippen molar-refractivity contribution < 1.29 is 18.7 Å². The van der Waals surface area contributed by atoms with Crippen LogP contribution >= 0.6 is 0 Å². The van der Waals surface area contributed by atoms with Crippen molar-refractivity contribution in [3.63, 3.8) is 0 Å². The third kappa shape index (κ3) is 1.88. The fourth-order valence-electron chi connectivity index (χ4n) is 1.21. The molecule has 0 amide bonds. The van der Waals surface area contributed by atoms with Crippen LogP contribution in [0.4, 0.5) is 8.78 Å². The largest absolute Gasteiger partial charge is 0.481 e. The first kappa shape index (κ1) is 8.43. The zero-order valence-electron chi connectivity index (χ0n) is 6.23. The highest BCUT2D eigenvalue weighted by molar-refractivity contribution is 5.77. The second-order valence-electron chi connectivity index (χ2n) is 3.33. The minimum absolute atomic E-state index is 0.395. The van der Waals surface area contributed by atoms with Crippen LogP contribution < -0.4 is 0 Å². The molecule has 0 bridgehead atoms. The van der Waals surface area contributed by atoms with Gasteiger partial charge in [-0.05, 0) is 19.8 Å². The molecule has 0 aromatic carbocycles. The van der Waals surface area contributed by atoms with Gasteiger partial charge in [0.1, 0.15) is 0 Å². The Labute approximate surface area is 63.2 Å². The van der Waals surface area contributed by atoms with Crippen molar-refractivity contribution >= 4 is 5.97 Å². The zero-order chi connectivity index (χ0) is 8.70. The monoisotopic (exact) mass is 164 g/mol. The molecular weight excluding hydrogens is 154 g/mol. The number of halogens is 2. The molecule has 1 N–H and O–H groups in total. The van der Waals surface area contributed by atoms with E-state index in [-0.39, 0.29) is 0 Å². The van der Waals surface area contributed by atoms with Gasteiger partial charge in [-0.15, -0.1) is 0 Å². The maximum absolute atomic E-state index is 12.4. The average molecular weight is 164 g/mol.